The van der Waals surface area contributed by atoms with Crippen molar-refractivity contribution < 1.29 is 19.1 Å². The van der Waals surface area contributed by atoms with Gasteiger partial charge in [-0.05, 0) is 19.1 Å². The number of ether oxygens (including phenoxy) is 2. The Kier molecular flexibility index (Phi) is 6.89. The maximum absolute atomic E-state index is 13.3. The fraction of sp³-hybridized carbons (Fsp3) is 0.545. The van der Waals surface area contributed by atoms with Crippen LogP contribution in [0.5, 0.6) is 0 Å². The molecule has 0 spiro atoms. The number of piperazine rings is 1. The van der Waals surface area contributed by atoms with Crippen LogP contribution in [0.2, 0.25) is 0 Å². The number of carbonyl (C=O) groups excluding carboxylic acids is 2. The van der Waals surface area contributed by atoms with E-state index in [4.69, 9.17) is 9.47 Å². The molecule has 0 aliphatic carbocycles. The number of morpholine rings is 1. The standard InChI is InChI=1S/C22H29N5O5/c1-2-32-22(30)26-11-9-24(10-12-26)19(28)7-8-27-18-6-4-3-5-17(18)23-20(21(27)29)25-13-15-31-16-14-25/h3-6H,2,7-16H2,1H3. The van der Waals surface area contributed by atoms with Gasteiger partial charge in [-0.3, -0.25) is 9.59 Å². The van der Waals surface area contributed by atoms with Gasteiger partial charge in [0, 0.05) is 52.2 Å². The van der Waals surface area contributed by atoms with Crippen LogP contribution in [0.4, 0.5) is 10.6 Å². The molecule has 172 valence electrons. The quantitative estimate of drug-likeness (QED) is 0.678. The summed E-state index contributed by atoms with van der Waals surface area (Å²) < 4.78 is 12.1. The minimum Gasteiger partial charge on any atom is -0.450 e. The molecule has 0 unspecified atom stereocenters. The molecule has 4 rings (SSSR count). The summed E-state index contributed by atoms with van der Waals surface area (Å²) in [6, 6.07) is 7.49. The second kappa shape index (κ2) is 9.99. The molecule has 0 saturated carbocycles. The number of rotatable bonds is 5. The number of carbonyl (C=O) groups is 2. The van der Waals surface area contributed by atoms with Crippen LogP contribution in [0.3, 0.4) is 0 Å². The van der Waals surface area contributed by atoms with Crippen molar-refractivity contribution in [2.24, 2.45) is 0 Å². The summed E-state index contributed by atoms with van der Waals surface area (Å²) in [5.41, 5.74) is 1.25. The monoisotopic (exact) mass is 443 g/mol. The predicted molar refractivity (Wildman–Crippen MR) is 119 cm³/mol. The van der Waals surface area contributed by atoms with Crippen molar-refractivity contribution in [1.82, 2.24) is 19.4 Å². The topological polar surface area (TPSA) is 97.2 Å². The molecule has 10 heteroatoms. The number of hydrogen-bond acceptors (Lipinski definition) is 7. The predicted octanol–water partition coefficient (Wildman–Crippen LogP) is 0.924. The van der Waals surface area contributed by atoms with Crippen LogP contribution >= 0.6 is 0 Å². The average molecular weight is 444 g/mol. The van der Waals surface area contributed by atoms with Crippen molar-refractivity contribution >= 4 is 28.9 Å². The van der Waals surface area contributed by atoms with E-state index in [0.717, 1.165) is 11.0 Å². The largest absolute Gasteiger partial charge is 0.450 e. The summed E-state index contributed by atoms with van der Waals surface area (Å²) in [6.45, 7) is 6.55. The van der Waals surface area contributed by atoms with Gasteiger partial charge in [-0.2, -0.15) is 0 Å². The maximum atomic E-state index is 13.3. The van der Waals surface area contributed by atoms with Gasteiger partial charge >= 0.3 is 6.09 Å². The van der Waals surface area contributed by atoms with E-state index < -0.39 is 0 Å². The molecule has 0 N–H and O–H groups in total. The Bertz CT molecular complexity index is 1030. The number of aryl methyl sites for hydroxylation is 1. The summed E-state index contributed by atoms with van der Waals surface area (Å²) in [4.78, 5) is 47.9. The highest BCUT2D eigenvalue weighted by Crippen LogP contribution is 2.16. The zero-order valence-corrected chi connectivity index (χ0v) is 18.4. The van der Waals surface area contributed by atoms with Gasteiger partial charge < -0.3 is 28.7 Å². The van der Waals surface area contributed by atoms with E-state index in [1.807, 2.05) is 29.2 Å². The van der Waals surface area contributed by atoms with E-state index in [-0.39, 0.29) is 30.5 Å². The number of amides is 2. The lowest BCUT2D eigenvalue weighted by Crippen LogP contribution is -2.51. The van der Waals surface area contributed by atoms with Crippen LogP contribution in [0.1, 0.15) is 13.3 Å². The lowest BCUT2D eigenvalue weighted by molar-refractivity contribution is -0.133. The second-order valence-electron chi connectivity index (χ2n) is 7.80. The van der Waals surface area contributed by atoms with Crippen molar-refractivity contribution in [3.8, 4) is 0 Å². The summed E-state index contributed by atoms with van der Waals surface area (Å²) >= 11 is 0. The Morgan fingerprint density at radius 1 is 1.03 bits per heavy atom. The van der Waals surface area contributed by atoms with Gasteiger partial charge in [-0.15, -0.1) is 0 Å². The Labute approximate surface area is 186 Å². The number of para-hydroxylation sites is 2. The zero-order chi connectivity index (χ0) is 22.5. The molecular formula is C22H29N5O5. The summed E-state index contributed by atoms with van der Waals surface area (Å²) in [5.74, 6) is 0.372. The van der Waals surface area contributed by atoms with Gasteiger partial charge in [-0.25, -0.2) is 9.78 Å². The SMILES string of the molecule is CCOC(=O)N1CCN(C(=O)CCn2c(=O)c(N3CCOCC3)nc3ccccc32)CC1. The Morgan fingerprint density at radius 3 is 2.44 bits per heavy atom. The van der Waals surface area contributed by atoms with E-state index in [1.165, 1.54) is 0 Å². The van der Waals surface area contributed by atoms with E-state index in [0.29, 0.717) is 64.9 Å². The van der Waals surface area contributed by atoms with Crippen LogP contribution < -0.4 is 10.5 Å². The van der Waals surface area contributed by atoms with Crippen molar-refractivity contribution in [3.63, 3.8) is 0 Å². The van der Waals surface area contributed by atoms with Crippen LogP contribution in [0.25, 0.3) is 11.0 Å². The first-order chi connectivity index (χ1) is 15.6. The van der Waals surface area contributed by atoms with Crippen LogP contribution in [0, 0.1) is 0 Å². The zero-order valence-electron chi connectivity index (χ0n) is 18.4. The van der Waals surface area contributed by atoms with Gasteiger partial charge in [0.15, 0.2) is 5.82 Å². The number of nitrogens with zero attached hydrogens (tertiary/aromatic N) is 5. The molecular weight excluding hydrogens is 414 g/mol. The number of anilines is 1. The molecule has 10 nitrogen and oxygen atoms in total. The fourth-order valence-corrected chi connectivity index (χ4v) is 4.10. The maximum Gasteiger partial charge on any atom is 0.409 e. The summed E-state index contributed by atoms with van der Waals surface area (Å²) in [7, 11) is 0. The number of hydrogen-bond donors (Lipinski definition) is 0. The molecule has 3 heterocycles. The highest BCUT2D eigenvalue weighted by molar-refractivity contribution is 5.78. The van der Waals surface area contributed by atoms with Crippen LogP contribution in [-0.4, -0.2) is 90.4 Å². The molecule has 2 aromatic rings. The Balaban J connectivity index is 1.47. The van der Waals surface area contributed by atoms with Crippen molar-refractivity contribution in [3.05, 3.63) is 34.6 Å². The Morgan fingerprint density at radius 2 is 1.72 bits per heavy atom. The third-order valence-electron chi connectivity index (χ3n) is 5.85. The number of aromatic nitrogens is 2. The lowest BCUT2D eigenvalue weighted by atomic mass is 10.2. The first-order valence-electron chi connectivity index (χ1n) is 11.1. The molecule has 1 aromatic heterocycles. The van der Waals surface area contributed by atoms with Crippen molar-refractivity contribution in [2.75, 3.05) is 64.0 Å². The fourth-order valence-electron chi connectivity index (χ4n) is 4.10. The van der Waals surface area contributed by atoms with Crippen LogP contribution in [-0.2, 0) is 20.8 Å². The molecule has 0 radical (unpaired) electrons. The normalized spacial score (nSPS) is 17.0. The lowest BCUT2D eigenvalue weighted by Gasteiger charge is -2.34. The van der Waals surface area contributed by atoms with Crippen molar-refractivity contribution in [1.29, 1.82) is 0 Å². The molecule has 2 fully saturated rings. The van der Waals surface area contributed by atoms with E-state index in [1.54, 1.807) is 21.3 Å². The van der Waals surface area contributed by atoms with Gasteiger partial charge in [-0.1, -0.05) is 12.1 Å². The molecule has 2 amide bonds. The molecule has 2 aliphatic heterocycles. The minimum absolute atomic E-state index is 0.0331. The first-order valence-corrected chi connectivity index (χ1v) is 11.1. The average Bonchev–Trinajstić information content (AvgIpc) is 2.84. The molecule has 2 saturated heterocycles. The Hall–Kier alpha value is -3.14. The molecule has 32 heavy (non-hydrogen) atoms. The van der Waals surface area contributed by atoms with Gasteiger partial charge in [0.05, 0.1) is 30.9 Å². The van der Waals surface area contributed by atoms with Crippen LogP contribution in [0.15, 0.2) is 29.1 Å². The molecule has 0 bridgehead atoms. The van der Waals surface area contributed by atoms with Gasteiger partial charge in [0.2, 0.25) is 5.91 Å². The number of benzene rings is 1. The van der Waals surface area contributed by atoms with E-state index >= 15 is 0 Å². The van der Waals surface area contributed by atoms with Gasteiger partial charge in [0.25, 0.3) is 5.56 Å². The first kappa shape index (κ1) is 22.1. The van der Waals surface area contributed by atoms with Gasteiger partial charge in [0.1, 0.15) is 0 Å². The highest BCUT2D eigenvalue weighted by atomic mass is 16.6. The summed E-state index contributed by atoms with van der Waals surface area (Å²) in [6.07, 6.45) is -0.138. The minimum atomic E-state index is -0.343. The highest BCUT2D eigenvalue weighted by Gasteiger charge is 2.25. The smallest absolute Gasteiger partial charge is 0.409 e. The third-order valence-corrected chi connectivity index (χ3v) is 5.85. The molecule has 2 aliphatic rings. The molecule has 1 aromatic carbocycles. The van der Waals surface area contributed by atoms with Crippen molar-refractivity contribution in [2.45, 2.75) is 19.9 Å². The summed E-state index contributed by atoms with van der Waals surface area (Å²) in [5, 5.41) is 0. The third kappa shape index (κ3) is 4.69. The molecule has 0 atom stereocenters. The second-order valence-corrected chi connectivity index (χ2v) is 7.80. The number of fused-ring (bicyclic) bond motifs is 1. The van der Waals surface area contributed by atoms with E-state index in [9.17, 15) is 14.4 Å². The van der Waals surface area contributed by atoms with E-state index in [2.05, 4.69) is 4.98 Å².